The molecule has 4 N–H and O–H groups in total. The first kappa shape index (κ1) is 31.5. The smallest absolute Gasteiger partial charge is 0.309 e. The summed E-state index contributed by atoms with van der Waals surface area (Å²) in [5.41, 5.74) is 12.5. The minimum atomic E-state index is -1.09. The average Bonchev–Trinajstić information content (AvgIpc) is 3.47. The lowest BCUT2D eigenvalue weighted by molar-refractivity contribution is -0.385. The summed E-state index contributed by atoms with van der Waals surface area (Å²) in [5, 5.41) is 23.3. The Hall–Kier alpha value is -4.94. The van der Waals surface area contributed by atoms with Crippen molar-refractivity contribution in [2.75, 3.05) is 13.2 Å². The number of nitrogens with zero attached hydrogens (tertiary/aromatic N) is 3. The number of ether oxygens (including phenoxy) is 2. The van der Waals surface area contributed by atoms with Gasteiger partial charge in [0.1, 0.15) is 12.2 Å². The third-order valence-electron chi connectivity index (χ3n) is 7.94. The van der Waals surface area contributed by atoms with Crippen molar-refractivity contribution in [2.24, 2.45) is 11.7 Å². The Bertz CT molecular complexity index is 1610. The summed E-state index contributed by atoms with van der Waals surface area (Å²) in [7, 11) is 0. The molecule has 12 nitrogen and oxygen atoms in total. The molecule has 0 aliphatic carbocycles. The normalized spacial score (nSPS) is 19.7. The SMILES string of the molecule is CCOc1cc(C(NN2C=Cc3ccccc3C2N)C(=O)N2CCC(C(=O)O)C2c2cccc([N+](=O)[O-])c2)ccc1OC(C)C. The highest BCUT2D eigenvalue weighted by molar-refractivity contribution is 5.86. The van der Waals surface area contributed by atoms with Crippen molar-refractivity contribution in [3.05, 3.63) is 105 Å². The van der Waals surface area contributed by atoms with Gasteiger partial charge in [0.15, 0.2) is 11.5 Å². The number of nitrogens with two attached hydrogens (primary N) is 1. The third-order valence-corrected chi connectivity index (χ3v) is 7.94. The van der Waals surface area contributed by atoms with Gasteiger partial charge in [0.2, 0.25) is 5.91 Å². The Morgan fingerprint density at radius 2 is 1.89 bits per heavy atom. The molecule has 0 radical (unpaired) electrons. The van der Waals surface area contributed by atoms with Crippen LogP contribution in [0.25, 0.3) is 6.08 Å². The fourth-order valence-electron chi connectivity index (χ4n) is 5.90. The topological polar surface area (TPSA) is 160 Å². The maximum Gasteiger partial charge on any atom is 0.309 e. The number of carboxylic acids is 1. The van der Waals surface area contributed by atoms with E-state index in [4.69, 9.17) is 15.2 Å². The number of carbonyl (C=O) groups excluding carboxylic acids is 1. The molecule has 5 rings (SSSR count). The van der Waals surface area contributed by atoms with Gasteiger partial charge >= 0.3 is 5.97 Å². The van der Waals surface area contributed by atoms with Gasteiger partial charge in [-0.05, 0) is 67.7 Å². The first-order valence-corrected chi connectivity index (χ1v) is 14.9. The van der Waals surface area contributed by atoms with E-state index in [1.54, 1.807) is 35.5 Å². The molecule has 4 unspecified atom stereocenters. The van der Waals surface area contributed by atoms with Gasteiger partial charge in [-0.1, -0.05) is 42.5 Å². The standard InChI is InChI=1S/C33H37N5O7/c1-4-44-28-19-22(12-13-27(28)45-20(2)3)29(35-37-17-14-21-8-5-6-11-25(21)31(37)34)32(39)36-16-15-26(33(40)41)30(36)23-9-7-10-24(18-23)38(42)43/h5-14,17-20,26,29-31,35H,4,15-16,34H2,1-3H3,(H,40,41). The molecule has 1 saturated heterocycles. The summed E-state index contributed by atoms with van der Waals surface area (Å²) in [5.74, 6) is -1.49. The molecule has 2 heterocycles. The maximum atomic E-state index is 14.6. The quantitative estimate of drug-likeness (QED) is 0.199. The van der Waals surface area contributed by atoms with Crippen LogP contribution < -0.4 is 20.6 Å². The van der Waals surface area contributed by atoms with Crippen molar-refractivity contribution in [1.82, 2.24) is 15.3 Å². The Labute approximate surface area is 261 Å². The van der Waals surface area contributed by atoms with Crippen molar-refractivity contribution in [2.45, 2.75) is 51.5 Å². The number of aliphatic carboxylic acids is 1. The number of rotatable bonds is 11. The number of hydrogen-bond acceptors (Lipinski definition) is 9. The van der Waals surface area contributed by atoms with Gasteiger partial charge in [-0.2, -0.15) is 0 Å². The fourth-order valence-corrected chi connectivity index (χ4v) is 5.90. The van der Waals surface area contributed by atoms with E-state index in [1.165, 1.54) is 23.1 Å². The van der Waals surface area contributed by atoms with Gasteiger partial charge in [-0.3, -0.25) is 24.7 Å². The number of likely N-dealkylation sites (tertiary alicyclic amines) is 1. The molecule has 4 atom stereocenters. The lowest BCUT2D eigenvalue weighted by Gasteiger charge is -2.37. The third kappa shape index (κ3) is 6.61. The van der Waals surface area contributed by atoms with Crippen molar-refractivity contribution >= 4 is 23.6 Å². The lowest BCUT2D eigenvalue weighted by atomic mass is 9.93. The van der Waals surface area contributed by atoms with Crippen molar-refractivity contribution < 1.29 is 29.1 Å². The second-order valence-electron chi connectivity index (χ2n) is 11.2. The Morgan fingerprint density at radius 3 is 2.60 bits per heavy atom. The zero-order valence-electron chi connectivity index (χ0n) is 25.3. The molecule has 0 aromatic heterocycles. The second-order valence-corrected chi connectivity index (χ2v) is 11.2. The number of hydrazine groups is 1. The molecule has 0 saturated carbocycles. The van der Waals surface area contributed by atoms with E-state index in [2.05, 4.69) is 5.43 Å². The summed E-state index contributed by atoms with van der Waals surface area (Å²) < 4.78 is 11.8. The Kier molecular flexibility index (Phi) is 9.35. The van der Waals surface area contributed by atoms with Crippen LogP contribution in [0.2, 0.25) is 0 Å². The molecular weight excluding hydrogens is 578 g/mol. The Balaban J connectivity index is 1.57. The van der Waals surface area contributed by atoms with Gasteiger partial charge in [-0.15, -0.1) is 0 Å². The van der Waals surface area contributed by atoms with Crippen molar-refractivity contribution in [3.63, 3.8) is 0 Å². The minimum absolute atomic E-state index is 0.115. The van der Waals surface area contributed by atoms with Gasteiger partial charge in [-0.25, -0.2) is 5.43 Å². The number of carbonyl (C=O) groups is 2. The van der Waals surface area contributed by atoms with Crippen molar-refractivity contribution in [3.8, 4) is 11.5 Å². The molecule has 2 aliphatic rings. The molecule has 3 aromatic carbocycles. The van der Waals surface area contributed by atoms with E-state index in [0.717, 1.165) is 11.1 Å². The number of carboxylic acid groups (broad SMARTS) is 1. The van der Waals surface area contributed by atoms with Gasteiger partial charge < -0.3 is 25.2 Å². The van der Waals surface area contributed by atoms with Gasteiger partial charge in [0, 0.05) is 24.9 Å². The summed E-state index contributed by atoms with van der Waals surface area (Å²) in [6, 6.07) is 16.7. The highest BCUT2D eigenvalue weighted by Gasteiger charge is 2.45. The van der Waals surface area contributed by atoms with Gasteiger partial charge in [0.05, 0.1) is 29.6 Å². The average molecular weight is 616 g/mol. The molecule has 12 heteroatoms. The zero-order chi connectivity index (χ0) is 32.2. The van der Waals surface area contributed by atoms with Crippen LogP contribution >= 0.6 is 0 Å². The van der Waals surface area contributed by atoms with E-state index in [-0.39, 0.29) is 24.8 Å². The molecule has 1 fully saturated rings. The van der Waals surface area contributed by atoms with Crippen LogP contribution in [0.5, 0.6) is 11.5 Å². The number of nitrogens with one attached hydrogen (secondary N) is 1. The zero-order valence-corrected chi connectivity index (χ0v) is 25.3. The number of amides is 1. The molecule has 236 valence electrons. The monoisotopic (exact) mass is 615 g/mol. The number of non-ortho nitro benzene ring substituents is 1. The fraction of sp³-hybridized carbons (Fsp3) is 0.333. The van der Waals surface area contributed by atoms with E-state index in [1.807, 2.05) is 51.1 Å². The molecule has 2 aliphatic heterocycles. The first-order chi connectivity index (χ1) is 21.6. The number of benzene rings is 3. The largest absolute Gasteiger partial charge is 0.490 e. The maximum absolute atomic E-state index is 14.6. The molecule has 45 heavy (non-hydrogen) atoms. The highest BCUT2D eigenvalue weighted by Crippen LogP contribution is 2.41. The highest BCUT2D eigenvalue weighted by atomic mass is 16.6. The number of hydrogen-bond donors (Lipinski definition) is 3. The summed E-state index contributed by atoms with van der Waals surface area (Å²) in [6.45, 7) is 6.15. The van der Waals surface area contributed by atoms with E-state index in [9.17, 15) is 24.8 Å². The van der Waals surface area contributed by atoms with Crippen LogP contribution in [-0.2, 0) is 9.59 Å². The number of nitro benzene ring substituents is 1. The molecule has 3 aromatic rings. The van der Waals surface area contributed by atoms with E-state index < -0.39 is 41.0 Å². The first-order valence-electron chi connectivity index (χ1n) is 14.9. The van der Waals surface area contributed by atoms with Gasteiger partial charge in [0.25, 0.3) is 5.69 Å². The van der Waals surface area contributed by atoms with Crippen LogP contribution in [0.15, 0.2) is 72.9 Å². The van der Waals surface area contributed by atoms with Crippen LogP contribution in [0.4, 0.5) is 5.69 Å². The van der Waals surface area contributed by atoms with Crippen molar-refractivity contribution in [1.29, 1.82) is 0 Å². The molecular formula is C33H37N5O7. The lowest BCUT2D eigenvalue weighted by Crippen LogP contribution is -2.49. The predicted octanol–water partition coefficient (Wildman–Crippen LogP) is 4.94. The second kappa shape index (κ2) is 13.4. The number of fused-ring (bicyclic) bond motifs is 1. The van der Waals surface area contributed by atoms with Crippen LogP contribution in [0.3, 0.4) is 0 Å². The van der Waals surface area contributed by atoms with E-state index in [0.29, 0.717) is 29.2 Å². The summed E-state index contributed by atoms with van der Waals surface area (Å²) >= 11 is 0. The summed E-state index contributed by atoms with van der Waals surface area (Å²) in [4.78, 5) is 39.5. The summed E-state index contributed by atoms with van der Waals surface area (Å²) in [6.07, 6.45) is 3.09. The molecule has 0 bridgehead atoms. The van der Waals surface area contributed by atoms with Crippen LogP contribution in [-0.4, -0.2) is 51.1 Å². The molecule has 1 amide bonds. The number of nitro groups is 1. The van der Waals surface area contributed by atoms with Crippen LogP contribution in [0, 0.1) is 16.0 Å². The minimum Gasteiger partial charge on any atom is -0.490 e. The molecule has 0 spiro atoms. The predicted molar refractivity (Wildman–Crippen MR) is 167 cm³/mol. The Morgan fingerprint density at radius 1 is 1.11 bits per heavy atom. The van der Waals surface area contributed by atoms with Crippen LogP contribution in [0.1, 0.15) is 67.7 Å². The van der Waals surface area contributed by atoms with E-state index >= 15 is 0 Å².